The van der Waals surface area contributed by atoms with Crippen molar-refractivity contribution in [2.24, 2.45) is 4.99 Å². The van der Waals surface area contributed by atoms with Gasteiger partial charge in [0.15, 0.2) is 5.49 Å². The Balaban J connectivity index is 2.05. The van der Waals surface area contributed by atoms with Crippen molar-refractivity contribution in [3.63, 3.8) is 0 Å². The molecule has 0 aliphatic rings. The van der Waals surface area contributed by atoms with E-state index in [2.05, 4.69) is 30.7 Å². The number of carbonyl (C=O) groups excluding carboxylic acids is 2. The first-order valence-electron chi connectivity index (χ1n) is 12.0. The SMILES string of the molecule is CCOC(=O)c1cc2c(=O)n3ccccc3nc2n(C(C)C)c1=NC(=O)c1ccc(C(C)(C)C)cc1. The second kappa shape index (κ2) is 9.53. The van der Waals surface area contributed by atoms with Gasteiger partial charge in [0.05, 0.1) is 12.0 Å². The quantitative estimate of drug-likeness (QED) is 0.314. The molecule has 0 aliphatic carbocycles. The highest BCUT2D eigenvalue weighted by atomic mass is 16.5. The van der Waals surface area contributed by atoms with E-state index in [0.29, 0.717) is 16.9 Å². The van der Waals surface area contributed by atoms with E-state index in [-0.39, 0.29) is 40.1 Å². The molecule has 8 nitrogen and oxygen atoms in total. The fourth-order valence-corrected chi connectivity index (χ4v) is 4.08. The van der Waals surface area contributed by atoms with Crippen LogP contribution in [0.5, 0.6) is 0 Å². The van der Waals surface area contributed by atoms with Gasteiger partial charge in [0.1, 0.15) is 16.9 Å². The number of fused-ring (bicyclic) bond motifs is 2. The van der Waals surface area contributed by atoms with Crippen molar-refractivity contribution in [2.45, 2.75) is 53.0 Å². The highest BCUT2D eigenvalue weighted by molar-refractivity contribution is 5.97. The van der Waals surface area contributed by atoms with Gasteiger partial charge in [-0.05, 0) is 62.1 Å². The monoisotopic (exact) mass is 486 g/mol. The summed E-state index contributed by atoms with van der Waals surface area (Å²) in [5.41, 5.74) is 2.02. The van der Waals surface area contributed by atoms with Gasteiger partial charge in [-0.2, -0.15) is 4.99 Å². The van der Waals surface area contributed by atoms with Gasteiger partial charge in [-0.25, -0.2) is 9.78 Å². The van der Waals surface area contributed by atoms with Gasteiger partial charge < -0.3 is 9.30 Å². The molecule has 3 aromatic heterocycles. The maximum atomic E-state index is 13.3. The molecule has 0 atom stereocenters. The Labute approximate surface area is 208 Å². The zero-order valence-electron chi connectivity index (χ0n) is 21.4. The molecule has 1 aromatic carbocycles. The third kappa shape index (κ3) is 4.58. The van der Waals surface area contributed by atoms with Gasteiger partial charge in [0.2, 0.25) is 0 Å². The normalized spacial score (nSPS) is 12.5. The summed E-state index contributed by atoms with van der Waals surface area (Å²) in [5.74, 6) is -1.17. The summed E-state index contributed by atoms with van der Waals surface area (Å²) in [5, 5.41) is 0.233. The van der Waals surface area contributed by atoms with Crippen molar-refractivity contribution in [3.8, 4) is 0 Å². The fraction of sp³-hybridized carbons (Fsp3) is 0.321. The van der Waals surface area contributed by atoms with Crippen LogP contribution in [0, 0.1) is 0 Å². The van der Waals surface area contributed by atoms with Gasteiger partial charge in [0.25, 0.3) is 11.5 Å². The van der Waals surface area contributed by atoms with Crippen molar-refractivity contribution in [1.29, 1.82) is 0 Å². The minimum absolute atomic E-state index is 0.0347. The van der Waals surface area contributed by atoms with Crippen LogP contribution in [0.2, 0.25) is 0 Å². The Bertz CT molecular complexity index is 1600. The molecule has 0 unspecified atom stereocenters. The molecule has 0 radical (unpaired) electrons. The topological polar surface area (TPSA) is 95.0 Å². The third-order valence-corrected chi connectivity index (χ3v) is 5.95. The Morgan fingerprint density at radius 2 is 1.78 bits per heavy atom. The average molecular weight is 487 g/mol. The van der Waals surface area contributed by atoms with Crippen molar-refractivity contribution in [3.05, 3.63) is 87.3 Å². The molecule has 1 amide bonds. The number of nitrogens with zero attached hydrogens (tertiary/aromatic N) is 4. The van der Waals surface area contributed by atoms with E-state index in [9.17, 15) is 14.4 Å². The van der Waals surface area contributed by atoms with Gasteiger partial charge >= 0.3 is 5.97 Å². The molecule has 8 heteroatoms. The second-order valence-electron chi connectivity index (χ2n) is 9.89. The standard InChI is InChI=1S/C28H30N4O4/c1-7-36-27(35)21-16-20-23(29-22-10-8-9-15-31(22)26(20)34)32(17(2)3)24(21)30-25(33)18-11-13-19(14-12-18)28(4,5)6/h8-17H,7H2,1-6H3. The van der Waals surface area contributed by atoms with Gasteiger partial charge in [-0.15, -0.1) is 0 Å². The fourth-order valence-electron chi connectivity index (χ4n) is 4.08. The number of rotatable bonds is 4. The predicted octanol–water partition coefficient (Wildman–Crippen LogP) is 4.45. The summed E-state index contributed by atoms with van der Waals surface area (Å²) >= 11 is 0. The lowest BCUT2D eigenvalue weighted by molar-refractivity contribution is 0.0523. The third-order valence-electron chi connectivity index (χ3n) is 5.95. The molecular weight excluding hydrogens is 456 g/mol. The Hall–Kier alpha value is -4.07. The molecule has 3 heterocycles. The van der Waals surface area contributed by atoms with Crippen LogP contribution in [0.3, 0.4) is 0 Å². The summed E-state index contributed by atoms with van der Waals surface area (Å²) in [7, 11) is 0. The summed E-state index contributed by atoms with van der Waals surface area (Å²) < 4.78 is 8.33. The Kier molecular flexibility index (Phi) is 6.63. The number of esters is 1. The lowest BCUT2D eigenvalue weighted by atomic mass is 9.87. The molecule has 0 saturated carbocycles. The number of ether oxygens (including phenoxy) is 1. The van der Waals surface area contributed by atoms with Crippen LogP contribution in [0.1, 0.15) is 73.9 Å². The van der Waals surface area contributed by atoms with Crippen LogP contribution < -0.4 is 11.0 Å². The molecule has 4 aromatic rings. The van der Waals surface area contributed by atoms with Crippen LogP contribution in [0.25, 0.3) is 16.7 Å². The van der Waals surface area contributed by atoms with Crippen molar-refractivity contribution >= 4 is 28.6 Å². The van der Waals surface area contributed by atoms with E-state index in [1.807, 2.05) is 26.0 Å². The maximum absolute atomic E-state index is 13.3. The van der Waals surface area contributed by atoms with E-state index >= 15 is 0 Å². The van der Waals surface area contributed by atoms with E-state index < -0.39 is 11.9 Å². The summed E-state index contributed by atoms with van der Waals surface area (Å²) in [6, 6.07) is 13.7. The van der Waals surface area contributed by atoms with Gasteiger partial charge in [-0.3, -0.25) is 14.0 Å². The number of hydrogen-bond donors (Lipinski definition) is 0. The zero-order valence-corrected chi connectivity index (χ0v) is 21.4. The van der Waals surface area contributed by atoms with Gasteiger partial charge in [0, 0.05) is 17.8 Å². The summed E-state index contributed by atoms with van der Waals surface area (Å²) in [6.45, 7) is 11.9. The van der Waals surface area contributed by atoms with Crippen LogP contribution in [-0.4, -0.2) is 32.4 Å². The molecule has 36 heavy (non-hydrogen) atoms. The first kappa shape index (κ1) is 25.0. The minimum atomic E-state index is -0.666. The maximum Gasteiger partial charge on any atom is 0.341 e. The number of carbonyl (C=O) groups is 2. The Morgan fingerprint density at radius 3 is 2.39 bits per heavy atom. The van der Waals surface area contributed by atoms with Gasteiger partial charge in [-0.1, -0.05) is 39.0 Å². The number of benzene rings is 1. The van der Waals surface area contributed by atoms with Crippen molar-refractivity contribution < 1.29 is 14.3 Å². The van der Waals surface area contributed by atoms with Crippen LogP contribution in [0.15, 0.2) is 64.5 Å². The lowest BCUT2D eigenvalue weighted by Crippen LogP contribution is -2.33. The average Bonchev–Trinajstić information content (AvgIpc) is 2.83. The smallest absolute Gasteiger partial charge is 0.341 e. The van der Waals surface area contributed by atoms with E-state index in [4.69, 9.17) is 4.74 Å². The molecular formula is C28H30N4O4. The molecule has 0 fully saturated rings. The summed E-state index contributed by atoms with van der Waals surface area (Å²) in [6.07, 6.45) is 1.62. The molecule has 0 bridgehead atoms. The first-order valence-corrected chi connectivity index (χ1v) is 12.0. The van der Waals surface area contributed by atoms with E-state index in [0.717, 1.165) is 5.56 Å². The first-order chi connectivity index (χ1) is 17.0. The largest absolute Gasteiger partial charge is 0.462 e. The number of pyridine rings is 2. The predicted molar refractivity (Wildman–Crippen MR) is 138 cm³/mol. The van der Waals surface area contributed by atoms with Crippen LogP contribution >= 0.6 is 0 Å². The molecule has 0 saturated heterocycles. The van der Waals surface area contributed by atoms with Crippen LogP contribution in [0.4, 0.5) is 0 Å². The number of amides is 1. The number of hydrogen-bond acceptors (Lipinski definition) is 5. The zero-order chi connectivity index (χ0) is 26.2. The minimum Gasteiger partial charge on any atom is -0.462 e. The molecule has 0 aliphatic heterocycles. The van der Waals surface area contributed by atoms with E-state index in [1.54, 1.807) is 48.0 Å². The lowest BCUT2D eigenvalue weighted by Gasteiger charge is -2.19. The highest BCUT2D eigenvalue weighted by Crippen LogP contribution is 2.22. The van der Waals surface area contributed by atoms with Crippen molar-refractivity contribution in [2.75, 3.05) is 6.61 Å². The van der Waals surface area contributed by atoms with Crippen LogP contribution in [-0.2, 0) is 10.2 Å². The second-order valence-corrected chi connectivity index (χ2v) is 9.89. The molecule has 0 spiro atoms. The summed E-state index contributed by atoms with van der Waals surface area (Å²) in [4.78, 5) is 48.7. The molecule has 4 rings (SSSR count). The van der Waals surface area contributed by atoms with E-state index in [1.165, 1.54) is 10.5 Å². The molecule has 0 N–H and O–H groups in total. The Morgan fingerprint density at radius 1 is 1.08 bits per heavy atom. The number of aromatic nitrogens is 3. The molecule has 186 valence electrons. The highest BCUT2D eigenvalue weighted by Gasteiger charge is 2.22. The van der Waals surface area contributed by atoms with Crippen molar-refractivity contribution in [1.82, 2.24) is 14.0 Å².